The van der Waals surface area contributed by atoms with E-state index in [1.165, 1.54) is 6.92 Å². The third kappa shape index (κ3) is 5.41. The van der Waals surface area contributed by atoms with Crippen LogP contribution in [0.3, 0.4) is 0 Å². The summed E-state index contributed by atoms with van der Waals surface area (Å²) in [4.78, 5) is 27.7. The van der Waals surface area contributed by atoms with Crippen molar-refractivity contribution < 1.29 is 23.5 Å². The molecular weight excluding hydrogens is 478 g/mol. The fourth-order valence-electron chi connectivity index (χ4n) is 4.99. The normalized spacial score (nSPS) is 17.2. The van der Waals surface area contributed by atoms with E-state index >= 15 is 0 Å². The largest absolute Gasteiger partial charge is 0.457 e. The molecule has 1 aliphatic rings. The van der Waals surface area contributed by atoms with Crippen LogP contribution >= 0.6 is 0 Å². The quantitative estimate of drug-likeness (QED) is 0.269. The van der Waals surface area contributed by atoms with Gasteiger partial charge in [-0.1, -0.05) is 84.9 Å². The van der Waals surface area contributed by atoms with Gasteiger partial charge in [0, 0.05) is 12.5 Å². The van der Waals surface area contributed by atoms with Crippen molar-refractivity contribution in [2.24, 2.45) is 0 Å². The van der Waals surface area contributed by atoms with Gasteiger partial charge in [-0.15, -0.1) is 0 Å². The van der Waals surface area contributed by atoms with Gasteiger partial charge in [0.25, 0.3) is 5.91 Å². The van der Waals surface area contributed by atoms with Gasteiger partial charge < -0.3 is 18.8 Å². The van der Waals surface area contributed by atoms with Crippen LogP contribution in [0, 0.1) is 0 Å². The van der Waals surface area contributed by atoms with Crippen molar-refractivity contribution in [2.75, 3.05) is 6.61 Å². The van der Waals surface area contributed by atoms with Crippen LogP contribution in [0.4, 0.5) is 0 Å². The van der Waals surface area contributed by atoms with Gasteiger partial charge in [-0.3, -0.25) is 9.59 Å². The Morgan fingerprint density at radius 1 is 0.868 bits per heavy atom. The summed E-state index contributed by atoms with van der Waals surface area (Å²) in [6.45, 7) is 5.38. The van der Waals surface area contributed by atoms with Gasteiger partial charge in [0.05, 0.1) is 12.6 Å². The molecular formula is C32H31NO5. The molecule has 3 aromatic carbocycles. The molecule has 6 nitrogen and oxygen atoms in total. The average molecular weight is 510 g/mol. The van der Waals surface area contributed by atoms with Gasteiger partial charge in [0.2, 0.25) is 6.10 Å². The van der Waals surface area contributed by atoms with Gasteiger partial charge in [-0.05, 0) is 49.1 Å². The maximum absolute atomic E-state index is 14.0. The van der Waals surface area contributed by atoms with Crippen LogP contribution in [0.2, 0.25) is 0 Å². The molecule has 0 spiro atoms. The summed E-state index contributed by atoms with van der Waals surface area (Å²) in [6.07, 6.45) is -0.593. The second kappa shape index (κ2) is 10.7. The van der Waals surface area contributed by atoms with E-state index in [0.29, 0.717) is 18.8 Å². The summed E-state index contributed by atoms with van der Waals surface area (Å²) < 4.78 is 17.7. The first-order valence-corrected chi connectivity index (χ1v) is 12.8. The van der Waals surface area contributed by atoms with Crippen molar-refractivity contribution in [2.45, 2.75) is 45.1 Å². The number of ether oxygens (including phenoxy) is 2. The summed E-state index contributed by atoms with van der Waals surface area (Å²) in [5.74, 6) is -0.0779. The molecule has 0 radical (unpaired) electrons. The van der Waals surface area contributed by atoms with Crippen LogP contribution in [0.5, 0.6) is 0 Å². The topological polar surface area (TPSA) is 69.0 Å². The molecule has 2 unspecified atom stereocenters. The lowest BCUT2D eigenvalue weighted by Gasteiger charge is -2.35. The van der Waals surface area contributed by atoms with Crippen LogP contribution in [0.15, 0.2) is 101 Å². The van der Waals surface area contributed by atoms with Crippen LogP contribution in [0.25, 0.3) is 22.5 Å². The zero-order chi connectivity index (χ0) is 26.7. The Morgan fingerprint density at radius 3 is 2.13 bits per heavy atom. The minimum absolute atomic E-state index is 0.210. The fourth-order valence-corrected chi connectivity index (χ4v) is 4.99. The van der Waals surface area contributed by atoms with E-state index in [2.05, 4.69) is 12.1 Å². The van der Waals surface area contributed by atoms with Crippen LogP contribution < -0.4 is 0 Å². The average Bonchev–Trinajstić information content (AvgIpc) is 3.52. The van der Waals surface area contributed by atoms with E-state index in [0.717, 1.165) is 22.3 Å². The highest BCUT2D eigenvalue weighted by atomic mass is 16.6. The SMILES string of the molecule is CC(=O)OC(C(=O)N1C(Cc2ccccc2)COC1(C)C)c1ccc(-c2ccc(-c3ccccc3)cc2)o1. The molecule has 2 atom stereocenters. The highest BCUT2D eigenvalue weighted by Crippen LogP contribution is 2.35. The summed E-state index contributed by atoms with van der Waals surface area (Å²) in [7, 11) is 0. The Kier molecular flexibility index (Phi) is 7.16. The minimum atomic E-state index is -1.22. The lowest BCUT2D eigenvalue weighted by molar-refractivity contribution is -0.169. The fraction of sp³-hybridized carbons (Fsp3) is 0.250. The third-order valence-electron chi connectivity index (χ3n) is 6.80. The van der Waals surface area contributed by atoms with E-state index in [4.69, 9.17) is 13.9 Å². The number of rotatable bonds is 7. The summed E-state index contributed by atoms with van der Waals surface area (Å²) in [5.41, 5.74) is 3.31. The summed E-state index contributed by atoms with van der Waals surface area (Å²) in [6, 6.07) is 31.4. The number of furan rings is 1. The molecule has 1 aliphatic heterocycles. The molecule has 0 aliphatic carbocycles. The second-order valence-electron chi connectivity index (χ2n) is 9.94. The van der Waals surface area contributed by atoms with E-state index in [-0.39, 0.29) is 17.7 Å². The first-order valence-electron chi connectivity index (χ1n) is 12.8. The number of esters is 1. The molecule has 194 valence electrons. The van der Waals surface area contributed by atoms with Gasteiger partial charge in [0.1, 0.15) is 11.5 Å². The van der Waals surface area contributed by atoms with E-state index < -0.39 is 17.8 Å². The number of carbonyl (C=O) groups excluding carboxylic acids is 2. The third-order valence-corrected chi connectivity index (χ3v) is 6.80. The molecule has 1 fully saturated rings. The van der Waals surface area contributed by atoms with Gasteiger partial charge >= 0.3 is 5.97 Å². The van der Waals surface area contributed by atoms with Crippen molar-refractivity contribution in [1.29, 1.82) is 0 Å². The highest BCUT2D eigenvalue weighted by Gasteiger charge is 2.47. The van der Waals surface area contributed by atoms with Gasteiger partial charge in [0.15, 0.2) is 5.76 Å². The molecule has 0 saturated carbocycles. The van der Waals surface area contributed by atoms with Gasteiger partial charge in [-0.2, -0.15) is 0 Å². The van der Waals surface area contributed by atoms with Crippen LogP contribution in [-0.2, 0) is 25.5 Å². The van der Waals surface area contributed by atoms with Crippen LogP contribution in [-0.4, -0.2) is 35.2 Å². The summed E-state index contributed by atoms with van der Waals surface area (Å²) in [5, 5.41) is 0. The summed E-state index contributed by atoms with van der Waals surface area (Å²) >= 11 is 0. The molecule has 0 bridgehead atoms. The highest BCUT2D eigenvalue weighted by molar-refractivity contribution is 5.85. The monoisotopic (exact) mass is 509 g/mol. The second-order valence-corrected chi connectivity index (χ2v) is 9.94. The van der Waals surface area contributed by atoms with Crippen LogP contribution in [0.1, 0.15) is 38.2 Å². The van der Waals surface area contributed by atoms with Crippen molar-refractivity contribution in [1.82, 2.24) is 4.90 Å². The van der Waals surface area contributed by atoms with Crippen molar-refractivity contribution in [3.05, 3.63) is 108 Å². The smallest absolute Gasteiger partial charge is 0.303 e. The number of amides is 1. The molecule has 1 aromatic heterocycles. The molecule has 4 aromatic rings. The number of hydrogen-bond donors (Lipinski definition) is 0. The Balaban J connectivity index is 1.41. The number of hydrogen-bond acceptors (Lipinski definition) is 5. The zero-order valence-electron chi connectivity index (χ0n) is 21.8. The number of carbonyl (C=O) groups is 2. The number of nitrogens with zero attached hydrogens (tertiary/aromatic N) is 1. The molecule has 5 rings (SSSR count). The Labute approximate surface area is 222 Å². The Morgan fingerprint density at radius 2 is 1.47 bits per heavy atom. The van der Waals surface area contributed by atoms with E-state index in [9.17, 15) is 9.59 Å². The Hall–Kier alpha value is -4.16. The first-order chi connectivity index (χ1) is 18.3. The zero-order valence-corrected chi connectivity index (χ0v) is 21.8. The molecule has 1 saturated heterocycles. The predicted octanol–water partition coefficient (Wildman–Crippen LogP) is 6.42. The lowest BCUT2D eigenvalue weighted by Crippen LogP contribution is -2.51. The molecule has 1 amide bonds. The van der Waals surface area contributed by atoms with Gasteiger partial charge in [-0.25, -0.2) is 0 Å². The molecule has 2 heterocycles. The van der Waals surface area contributed by atoms with E-state index in [1.54, 1.807) is 17.0 Å². The Bertz CT molecular complexity index is 1390. The molecule has 6 heteroatoms. The maximum Gasteiger partial charge on any atom is 0.303 e. The molecule has 0 N–H and O–H groups in total. The van der Waals surface area contributed by atoms with Crippen molar-refractivity contribution in [3.8, 4) is 22.5 Å². The van der Waals surface area contributed by atoms with Crippen molar-refractivity contribution in [3.63, 3.8) is 0 Å². The number of benzene rings is 3. The van der Waals surface area contributed by atoms with E-state index in [1.807, 2.05) is 86.6 Å². The minimum Gasteiger partial charge on any atom is -0.457 e. The lowest BCUT2D eigenvalue weighted by atomic mass is 10.0. The maximum atomic E-state index is 14.0. The first kappa shape index (κ1) is 25.5. The molecule has 38 heavy (non-hydrogen) atoms. The van der Waals surface area contributed by atoms with Crippen molar-refractivity contribution >= 4 is 11.9 Å². The predicted molar refractivity (Wildman–Crippen MR) is 145 cm³/mol. The standard InChI is InChI=1S/C32H31NO5/c1-22(34)37-30(31(35)33-27(21-36-32(33,2)3)20-23-10-6-4-7-11-23)29-19-18-28(38-29)26-16-14-25(15-17-26)24-12-8-5-9-13-24/h4-19,27,30H,20-21H2,1-3H3.